The van der Waals surface area contributed by atoms with Crippen LogP contribution in [0.1, 0.15) is 25.7 Å². The van der Waals surface area contributed by atoms with Crippen LogP contribution in [0.5, 0.6) is 0 Å². The second-order valence-electron chi connectivity index (χ2n) is 4.88. The van der Waals surface area contributed by atoms with Gasteiger partial charge in [-0.15, -0.1) is 0 Å². The van der Waals surface area contributed by atoms with Gasteiger partial charge in [-0.2, -0.15) is 0 Å². The van der Waals surface area contributed by atoms with Crippen LogP contribution in [0.3, 0.4) is 0 Å². The predicted molar refractivity (Wildman–Crippen MR) is 74.8 cm³/mol. The van der Waals surface area contributed by atoms with Crippen molar-refractivity contribution in [1.82, 2.24) is 9.38 Å². The van der Waals surface area contributed by atoms with Gasteiger partial charge in [-0.1, -0.05) is 0 Å². The highest BCUT2D eigenvalue weighted by molar-refractivity contribution is 9.10. The van der Waals surface area contributed by atoms with Gasteiger partial charge in [-0.3, -0.25) is 4.40 Å². The molecule has 1 fully saturated rings. The molecule has 0 aromatic carbocycles. The van der Waals surface area contributed by atoms with E-state index in [2.05, 4.69) is 38.5 Å². The summed E-state index contributed by atoms with van der Waals surface area (Å²) in [6.45, 7) is 0. The van der Waals surface area contributed by atoms with Gasteiger partial charge in [0.1, 0.15) is 10.3 Å². The lowest BCUT2D eigenvalue weighted by Crippen LogP contribution is -2.28. The second-order valence-corrected chi connectivity index (χ2v) is 5.69. The fourth-order valence-corrected chi connectivity index (χ4v) is 2.88. The number of aliphatic hydroxyl groups excluding tert-OH is 1. The Hall–Kier alpha value is -1.07. The highest BCUT2D eigenvalue weighted by Gasteiger charge is 2.19. The van der Waals surface area contributed by atoms with Crippen LogP contribution in [0.4, 0.5) is 5.69 Å². The lowest BCUT2D eigenvalue weighted by molar-refractivity contribution is 0.126. The molecule has 0 saturated heterocycles. The van der Waals surface area contributed by atoms with Gasteiger partial charge in [0.05, 0.1) is 18.0 Å². The summed E-state index contributed by atoms with van der Waals surface area (Å²) in [5.74, 6) is 0. The Morgan fingerprint density at radius 3 is 2.83 bits per heavy atom. The number of nitrogens with one attached hydrogen (secondary N) is 1. The van der Waals surface area contributed by atoms with Gasteiger partial charge >= 0.3 is 0 Å². The van der Waals surface area contributed by atoms with E-state index in [4.69, 9.17) is 0 Å². The van der Waals surface area contributed by atoms with Crippen LogP contribution in [-0.2, 0) is 0 Å². The molecule has 18 heavy (non-hydrogen) atoms. The van der Waals surface area contributed by atoms with Crippen molar-refractivity contribution in [2.75, 3.05) is 5.32 Å². The van der Waals surface area contributed by atoms with E-state index >= 15 is 0 Å². The largest absolute Gasteiger partial charge is 0.393 e. The van der Waals surface area contributed by atoms with E-state index in [-0.39, 0.29) is 6.10 Å². The number of imidazole rings is 1. The summed E-state index contributed by atoms with van der Waals surface area (Å²) >= 11 is 3.47. The number of halogens is 1. The molecule has 0 aliphatic heterocycles. The summed E-state index contributed by atoms with van der Waals surface area (Å²) in [6.07, 6.45) is 7.61. The third kappa shape index (κ3) is 2.37. The Kier molecular flexibility index (Phi) is 3.26. The molecule has 0 radical (unpaired) electrons. The summed E-state index contributed by atoms with van der Waals surface area (Å²) < 4.78 is 2.97. The number of fused-ring (bicyclic) bond motifs is 1. The van der Waals surface area contributed by atoms with Crippen LogP contribution in [0.2, 0.25) is 0 Å². The molecular weight excluding hydrogens is 294 g/mol. The maximum atomic E-state index is 9.50. The first kappa shape index (κ1) is 12.0. The molecule has 0 amide bonds. The van der Waals surface area contributed by atoms with E-state index in [0.717, 1.165) is 41.6 Å². The van der Waals surface area contributed by atoms with Gasteiger partial charge in [0.25, 0.3) is 0 Å². The number of hydrogen-bond donors (Lipinski definition) is 2. The predicted octanol–water partition coefficient (Wildman–Crippen LogP) is 2.81. The minimum Gasteiger partial charge on any atom is -0.393 e. The number of hydrogen-bond acceptors (Lipinski definition) is 3. The second kappa shape index (κ2) is 4.90. The summed E-state index contributed by atoms with van der Waals surface area (Å²) in [6, 6.07) is 4.53. The van der Waals surface area contributed by atoms with Gasteiger partial charge in [0, 0.05) is 12.2 Å². The summed E-state index contributed by atoms with van der Waals surface area (Å²) in [5.41, 5.74) is 2.04. The van der Waals surface area contributed by atoms with Crippen molar-refractivity contribution in [1.29, 1.82) is 0 Å². The normalized spacial score (nSPS) is 24.3. The van der Waals surface area contributed by atoms with Crippen LogP contribution in [0.15, 0.2) is 29.1 Å². The maximum absolute atomic E-state index is 9.50. The Morgan fingerprint density at radius 2 is 2.06 bits per heavy atom. The fourth-order valence-electron chi connectivity index (χ4n) is 2.49. The molecule has 3 rings (SSSR count). The standard InChI is InChI=1S/C13H16BrN3O/c14-12-7-15-13-6-3-10(8-17(12)13)16-9-1-4-11(18)5-2-9/h3,6-9,11,16,18H,1-2,4-5H2. The molecular formula is C13H16BrN3O. The molecule has 0 atom stereocenters. The highest BCUT2D eigenvalue weighted by atomic mass is 79.9. The zero-order chi connectivity index (χ0) is 12.5. The fraction of sp³-hybridized carbons (Fsp3) is 0.462. The Bertz CT molecular complexity index is 546. The molecule has 4 nitrogen and oxygen atoms in total. The SMILES string of the molecule is OC1CCC(Nc2ccc3ncc(Br)n3c2)CC1. The summed E-state index contributed by atoms with van der Waals surface area (Å²) in [7, 11) is 0. The molecule has 2 aromatic rings. The van der Waals surface area contributed by atoms with E-state index in [1.807, 2.05) is 10.5 Å². The highest BCUT2D eigenvalue weighted by Crippen LogP contribution is 2.23. The Labute approximate surface area is 114 Å². The monoisotopic (exact) mass is 309 g/mol. The number of aromatic nitrogens is 2. The molecule has 1 aliphatic rings. The van der Waals surface area contributed by atoms with Gasteiger partial charge in [-0.05, 0) is 53.7 Å². The quantitative estimate of drug-likeness (QED) is 0.897. The first-order valence-electron chi connectivity index (χ1n) is 6.29. The molecule has 0 bridgehead atoms. The van der Waals surface area contributed by atoms with Gasteiger partial charge in [-0.25, -0.2) is 4.98 Å². The van der Waals surface area contributed by atoms with Crippen LogP contribution in [0, 0.1) is 0 Å². The van der Waals surface area contributed by atoms with E-state index < -0.39 is 0 Å². The molecule has 2 N–H and O–H groups in total. The molecule has 1 saturated carbocycles. The lowest BCUT2D eigenvalue weighted by atomic mass is 9.93. The topological polar surface area (TPSA) is 49.6 Å². The Morgan fingerprint density at radius 1 is 1.28 bits per heavy atom. The number of nitrogens with zero attached hydrogens (tertiary/aromatic N) is 2. The van der Waals surface area contributed by atoms with Crippen molar-refractivity contribution < 1.29 is 5.11 Å². The zero-order valence-electron chi connectivity index (χ0n) is 10.0. The third-order valence-corrected chi connectivity index (χ3v) is 4.11. The van der Waals surface area contributed by atoms with Crippen LogP contribution < -0.4 is 5.32 Å². The average Bonchev–Trinajstić information content (AvgIpc) is 2.74. The molecule has 2 aromatic heterocycles. The number of rotatable bonds is 2. The van der Waals surface area contributed by atoms with E-state index in [1.165, 1.54) is 0 Å². The van der Waals surface area contributed by atoms with E-state index in [9.17, 15) is 5.11 Å². The average molecular weight is 310 g/mol. The minimum absolute atomic E-state index is 0.103. The van der Waals surface area contributed by atoms with E-state index in [1.54, 1.807) is 6.20 Å². The zero-order valence-corrected chi connectivity index (χ0v) is 11.6. The van der Waals surface area contributed by atoms with Crippen molar-refractivity contribution in [3.05, 3.63) is 29.1 Å². The minimum atomic E-state index is -0.103. The molecule has 0 unspecified atom stereocenters. The van der Waals surface area contributed by atoms with Crippen molar-refractivity contribution in [3.8, 4) is 0 Å². The summed E-state index contributed by atoms with van der Waals surface area (Å²) in [5, 5.41) is 13.0. The van der Waals surface area contributed by atoms with E-state index in [0.29, 0.717) is 6.04 Å². The summed E-state index contributed by atoms with van der Waals surface area (Å²) in [4.78, 5) is 4.27. The molecule has 1 aliphatic carbocycles. The number of anilines is 1. The number of pyridine rings is 1. The maximum Gasteiger partial charge on any atom is 0.137 e. The van der Waals surface area contributed by atoms with Crippen LogP contribution in [-0.4, -0.2) is 26.6 Å². The van der Waals surface area contributed by atoms with Gasteiger partial charge in [0.2, 0.25) is 0 Å². The molecule has 5 heteroatoms. The molecule has 0 spiro atoms. The molecule has 96 valence electrons. The first-order valence-corrected chi connectivity index (χ1v) is 7.09. The third-order valence-electron chi connectivity index (χ3n) is 3.53. The smallest absolute Gasteiger partial charge is 0.137 e. The first-order chi connectivity index (χ1) is 8.72. The van der Waals surface area contributed by atoms with Crippen molar-refractivity contribution >= 4 is 27.3 Å². The molecule has 2 heterocycles. The van der Waals surface area contributed by atoms with Crippen LogP contribution >= 0.6 is 15.9 Å². The van der Waals surface area contributed by atoms with Crippen molar-refractivity contribution in [2.24, 2.45) is 0 Å². The van der Waals surface area contributed by atoms with Gasteiger partial charge < -0.3 is 10.4 Å². The Balaban J connectivity index is 1.76. The lowest BCUT2D eigenvalue weighted by Gasteiger charge is -2.27. The van der Waals surface area contributed by atoms with Crippen molar-refractivity contribution in [2.45, 2.75) is 37.8 Å². The van der Waals surface area contributed by atoms with Crippen molar-refractivity contribution in [3.63, 3.8) is 0 Å². The van der Waals surface area contributed by atoms with Gasteiger partial charge in [0.15, 0.2) is 0 Å². The number of aliphatic hydroxyl groups is 1. The van der Waals surface area contributed by atoms with Crippen LogP contribution in [0.25, 0.3) is 5.65 Å².